The molecule has 14 aromatic carbocycles. The lowest BCUT2D eigenvalue weighted by Gasteiger charge is -2.31. The average Bonchev–Trinajstić information content (AvgIpc) is 3.72. The maximum absolute atomic E-state index is 16.7. The van der Waals surface area contributed by atoms with Crippen molar-refractivity contribution in [2.45, 2.75) is 0 Å². The zero-order valence-electron chi connectivity index (χ0n) is 44.9. The highest BCUT2D eigenvalue weighted by Crippen LogP contribution is 2.46. The van der Waals surface area contributed by atoms with Gasteiger partial charge in [-0.15, -0.1) is 0 Å². The maximum atomic E-state index is 16.7. The molecule has 388 valence electrons. The molecule has 0 N–H and O–H groups in total. The van der Waals surface area contributed by atoms with Crippen LogP contribution in [0.3, 0.4) is 0 Å². The molecule has 0 aromatic heterocycles. The molecule has 0 unspecified atom stereocenters. The molecule has 82 heavy (non-hydrogen) atoms. The van der Waals surface area contributed by atoms with Gasteiger partial charge in [-0.1, -0.05) is 194 Å². The number of fused-ring (bicyclic) bond motifs is 4. The van der Waals surface area contributed by atoms with Gasteiger partial charge in [-0.25, -0.2) is 0 Å². The Morgan fingerprint density at radius 2 is 0.378 bits per heavy atom. The Balaban J connectivity index is 1.03. The molecule has 0 fully saturated rings. The van der Waals surface area contributed by atoms with Gasteiger partial charge in [0, 0.05) is 79.4 Å². The monoisotopic (exact) mass is 1050 g/mol. The van der Waals surface area contributed by atoms with E-state index in [0.29, 0.717) is 11.1 Å². The van der Waals surface area contributed by atoms with Gasteiger partial charge in [-0.05, 0) is 177 Å². The molecule has 0 saturated heterocycles. The smallest absolute Gasteiger partial charge is 0.193 e. The van der Waals surface area contributed by atoms with Crippen LogP contribution in [-0.4, -0.2) is 5.78 Å². The number of carbonyl (C=O) groups is 1. The van der Waals surface area contributed by atoms with E-state index in [-0.39, 0.29) is 5.78 Å². The summed E-state index contributed by atoms with van der Waals surface area (Å²) in [6.45, 7) is 0. The van der Waals surface area contributed by atoms with Crippen LogP contribution in [-0.2, 0) is 0 Å². The van der Waals surface area contributed by atoms with Crippen molar-refractivity contribution in [3.05, 3.63) is 339 Å². The summed E-state index contributed by atoms with van der Waals surface area (Å²) in [6.07, 6.45) is 0. The molecule has 14 rings (SSSR count). The molecule has 0 atom stereocenters. The second-order valence-electron chi connectivity index (χ2n) is 20.6. The Morgan fingerprint density at radius 1 is 0.171 bits per heavy atom. The third-order valence-electron chi connectivity index (χ3n) is 15.4. The lowest BCUT2D eigenvalue weighted by molar-refractivity contribution is 0.103. The second kappa shape index (κ2) is 21.7. The van der Waals surface area contributed by atoms with Gasteiger partial charge in [-0.2, -0.15) is 0 Å². The standard InChI is InChI=1S/C77H54N4O/c82-77(63-49-73(78(65-29-5-1-6-30-65)69-41-37-55-21-13-17-25-59(55)45-69)53-74(50-63)79(66-31-7-2-8-32-66)70-42-38-56-22-14-18-26-60(56)46-70)64-51-75(80(67-33-9-3-10-34-67)71-43-39-57-23-15-19-27-61(57)47-71)54-76(52-64)81(68-35-11-4-12-36-68)72-44-40-58-24-16-20-28-62(58)48-72/h1-54H. The van der Waals surface area contributed by atoms with Gasteiger partial charge in [0.25, 0.3) is 0 Å². The molecular weight excluding hydrogens is 997 g/mol. The fourth-order valence-electron chi connectivity index (χ4n) is 11.5. The topological polar surface area (TPSA) is 30.0 Å². The Bertz CT molecular complexity index is 4050. The lowest BCUT2D eigenvalue weighted by Crippen LogP contribution is -2.16. The summed E-state index contributed by atoms with van der Waals surface area (Å²) in [6, 6.07) is 115. The van der Waals surface area contributed by atoms with E-state index < -0.39 is 0 Å². The number of rotatable bonds is 14. The highest BCUT2D eigenvalue weighted by atomic mass is 16.1. The van der Waals surface area contributed by atoms with Gasteiger partial charge in [0.15, 0.2) is 5.78 Å². The minimum atomic E-state index is -0.137. The van der Waals surface area contributed by atoms with Crippen LogP contribution in [0.5, 0.6) is 0 Å². The number of hydrogen-bond acceptors (Lipinski definition) is 5. The fraction of sp³-hybridized carbons (Fsp3) is 0. The van der Waals surface area contributed by atoms with E-state index in [1.807, 2.05) is 24.3 Å². The van der Waals surface area contributed by atoms with Crippen LogP contribution < -0.4 is 19.6 Å². The zero-order valence-corrected chi connectivity index (χ0v) is 44.9. The molecule has 0 aliphatic rings. The number of anilines is 12. The van der Waals surface area contributed by atoms with Crippen LogP contribution in [0.15, 0.2) is 328 Å². The summed E-state index contributed by atoms with van der Waals surface area (Å²) in [7, 11) is 0. The third kappa shape index (κ3) is 9.74. The summed E-state index contributed by atoms with van der Waals surface area (Å²) in [5.41, 5.74) is 12.0. The third-order valence-corrected chi connectivity index (χ3v) is 15.4. The van der Waals surface area contributed by atoms with Crippen molar-refractivity contribution < 1.29 is 4.79 Å². The molecule has 14 aromatic rings. The van der Waals surface area contributed by atoms with Crippen LogP contribution in [0.4, 0.5) is 68.2 Å². The van der Waals surface area contributed by atoms with Gasteiger partial charge in [0.2, 0.25) is 0 Å². The van der Waals surface area contributed by atoms with E-state index in [1.165, 1.54) is 0 Å². The predicted octanol–water partition coefficient (Wildman–Crippen LogP) is 21.4. The highest BCUT2D eigenvalue weighted by molar-refractivity contribution is 6.12. The van der Waals surface area contributed by atoms with Crippen molar-refractivity contribution in [3.8, 4) is 0 Å². The largest absolute Gasteiger partial charge is 0.310 e. The molecule has 0 radical (unpaired) electrons. The van der Waals surface area contributed by atoms with Gasteiger partial charge >= 0.3 is 0 Å². The van der Waals surface area contributed by atoms with E-state index in [1.54, 1.807) is 0 Å². The summed E-state index contributed by atoms with van der Waals surface area (Å²) >= 11 is 0. The number of ketones is 1. The highest BCUT2D eigenvalue weighted by Gasteiger charge is 2.26. The molecule has 0 aliphatic heterocycles. The van der Waals surface area contributed by atoms with Gasteiger partial charge < -0.3 is 19.6 Å². The normalized spacial score (nSPS) is 11.2. The van der Waals surface area contributed by atoms with Crippen molar-refractivity contribution in [1.29, 1.82) is 0 Å². The molecule has 0 heterocycles. The number of nitrogens with zero attached hydrogens (tertiary/aromatic N) is 4. The SMILES string of the molecule is O=C(c1cc(N(c2ccccc2)c2ccc3ccccc3c2)cc(N(c2ccccc2)c2ccc3ccccc3c2)c1)c1cc(N(c2ccccc2)c2ccc3ccccc3c2)cc(N(c2ccccc2)c2ccc3ccccc3c2)c1. The van der Waals surface area contributed by atoms with Crippen molar-refractivity contribution in [3.63, 3.8) is 0 Å². The van der Waals surface area contributed by atoms with E-state index in [0.717, 1.165) is 111 Å². The first-order valence-electron chi connectivity index (χ1n) is 27.8. The van der Waals surface area contributed by atoms with Crippen molar-refractivity contribution in [1.82, 2.24) is 0 Å². The van der Waals surface area contributed by atoms with Crippen LogP contribution in [0.2, 0.25) is 0 Å². The number of para-hydroxylation sites is 4. The van der Waals surface area contributed by atoms with Gasteiger partial charge in [0.05, 0.1) is 0 Å². The first kappa shape index (κ1) is 49.3. The predicted molar refractivity (Wildman–Crippen MR) is 345 cm³/mol. The first-order chi connectivity index (χ1) is 40.5. The van der Waals surface area contributed by atoms with Crippen LogP contribution in [0.25, 0.3) is 43.1 Å². The lowest BCUT2D eigenvalue weighted by atomic mass is 9.98. The van der Waals surface area contributed by atoms with E-state index in [2.05, 4.69) is 323 Å². The van der Waals surface area contributed by atoms with Crippen molar-refractivity contribution >= 4 is 117 Å². The van der Waals surface area contributed by atoms with Crippen LogP contribution in [0, 0.1) is 0 Å². The summed E-state index contributed by atoms with van der Waals surface area (Å²) in [5.74, 6) is -0.137. The number of benzene rings is 14. The van der Waals surface area contributed by atoms with Gasteiger partial charge in [-0.3, -0.25) is 4.79 Å². The van der Waals surface area contributed by atoms with E-state index >= 15 is 4.79 Å². The summed E-state index contributed by atoms with van der Waals surface area (Å²) in [5, 5.41) is 9.04. The van der Waals surface area contributed by atoms with Crippen molar-refractivity contribution in [2.24, 2.45) is 0 Å². The van der Waals surface area contributed by atoms with Crippen LogP contribution in [0.1, 0.15) is 15.9 Å². The minimum absolute atomic E-state index is 0.137. The quantitative estimate of drug-likeness (QED) is 0.101. The molecule has 0 spiro atoms. The Morgan fingerprint density at radius 3 is 0.610 bits per heavy atom. The Hall–Kier alpha value is -11.0. The molecule has 5 heteroatoms. The van der Waals surface area contributed by atoms with Crippen molar-refractivity contribution in [2.75, 3.05) is 19.6 Å². The molecular formula is C77H54N4O. The van der Waals surface area contributed by atoms with E-state index in [4.69, 9.17) is 0 Å². The fourth-order valence-corrected chi connectivity index (χ4v) is 11.5. The minimum Gasteiger partial charge on any atom is -0.310 e. The van der Waals surface area contributed by atoms with Gasteiger partial charge in [0.1, 0.15) is 0 Å². The molecule has 0 saturated carbocycles. The zero-order chi connectivity index (χ0) is 54.8. The molecule has 0 bridgehead atoms. The van der Waals surface area contributed by atoms with Crippen LogP contribution >= 0.6 is 0 Å². The number of hydrogen-bond donors (Lipinski definition) is 0. The average molecular weight is 1050 g/mol. The summed E-state index contributed by atoms with van der Waals surface area (Å²) in [4.78, 5) is 25.7. The molecule has 0 amide bonds. The van der Waals surface area contributed by atoms with E-state index in [9.17, 15) is 0 Å². The molecule has 0 aliphatic carbocycles. The summed E-state index contributed by atoms with van der Waals surface area (Å²) < 4.78 is 0. The first-order valence-corrected chi connectivity index (χ1v) is 27.8. The Kier molecular flexibility index (Phi) is 13.0. The second-order valence-corrected chi connectivity index (χ2v) is 20.6. The molecule has 5 nitrogen and oxygen atoms in total. The Labute approximate surface area is 477 Å². The number of carbonyl (C=O) groups excluding carboxylic acids is 1. The maximum Gasteiger partial charge on any atom is 0.193 e.